The minimum Gasteiger partial charge on any atom is -0.351 e. The quantitative estimate of drug-likeness (QED) is 0.462. The smallest absolute Gasteiger partial charge is 0.318 e. The predicted molar refractivity (Wildman–Crippen MR) is 124 cm³/mol. The molecule has 0 radical (unpaired) electrons. The van der Waals surface area contributed by atoms with Crippen LogP contribution in [0.25, 0.3) is 15.9 Å². The Hall–Kier alpha value is -2.65. The van der Waals surface area contributed by atoms with Gasteiger partial charge in [-0.2, -0.15) is 0 Å². The molecular weight excluding hydrogens is 432 g/mol. The molecule has 1 aromatic carbocycles. The van der Waals surface area contributed by atoms with Gasteiger partial charge in [-0.15, -0.1) is 11.3 Å². The Labute approximate surface area is 188 Å². The molecule has 0 aliphatic heterocycles. The van der Waals surface area contributed by atoms with Crippen molar-refractivity contribution in [3.63, 3.8) is 0 Å². The summed E-state index contributed by atoms with van der Waals surface area (Å²) in [7, 11) is 0. The van der Waals surface area contributed by atoms with Crippen LogP contribution in [0, 0.1) is 19.8 Å². The van der Waals surface area contributed by atoms with Crippen molar-refractivity contribution in [1.29, 1.82) is 0 Å². The first kappa shape index (κ1) is 21.6. The summed E-state index contributed by atoms with van der Waals surface area (Å²) in [6.07, 6.45) is 2.90. The van der Waals surface area contributed by atoms with Crippen molar-refractivity contribution < 1.29 is 9.59 Å². The lowest BCUT2D eigenvalue weighted by molar-refractivity contribution is -0.117. The Morgan fingerprint density at radius 1 is 1.35 bits per heavy atom. The van der Waals surface area contributed by atoms with Crippen molar-refractivity contribution >= 4 is 45.3 Å². The fourth-order valence-corrected chi connectivity index (χ4v) is 6.17. The maximum atomic E-state index is 13.8. The summed E-state index contributed by atoms with van der Waals surface area (Å²) >= 11 is 2.70. The summed E-state index contributed by atoms with van der Waals surface area (Å²) in [6.45, 7) is 6.15. The van der Waals surface area contributed by atoms with E-state index < -0.39 is 11.9 Å². The fraction of sp³-hybridized carbons (Fsp3) is 0.364. The number of primary amides is 1. The Bertz CT molecular complexity index is 1260. The zero-order valence-electron chi connectivity index (χ0n) is 17.7. The van der Waals surface area contributed by atoms with Crippen molar-refractivity contribution in [2.75, 3.05) is 5.75 Å². The number of urea groups is 1. The van der Waals surface area contributed by atoms with E-state index in [0.29, 0.717) is 21.3 Å². The van der Waals surface area contributed by atoms with Gasteiger partial charge in [0.15, 0.2) is 5.16 Å². The van der Waals surface area contributed by atoms with E-state index in [4.69, 9.17) is 10.7 Å². The van der Waals surface area contributed by atoms with Gasteiger partial charge in [0, 0.05) is 4.88 Å². The normalized spacial score (nSPS) is 15.6. The number of aryl methyl sites for hydroxylation is 3. The second-order valence-corrected chi connectivity index (χ2v) is 10.1. The van der Waals surface area contributed by atoms with Gasteiger partial charge in [0.2, 0.25) is 5.91 Å². The molecule has 162 valence electrons. The molecule has 1 aliphatic rings. The molecule has 3 N–H and O–H groups in total. The van der Waals surface area contributed by atoms with Gasteiger partial charge in [0.1, 0.15) is 4.83 Å². The lowest BCUT2D eigenvalue weighted by Crippen LogP contribution is -2.36. The summed E-state index contributed by atoms with van der Waals surface area (Å²) in [6, 6.07) is 5.02. The Morgan fingerprint density at radius 2 is 2.13 bits per heavy atom. The highest BCUT2D eigenvalue weighted by atomic mass is 32.2. The molecule has 9 heteroatoms. The second-order valence-electron chi connectivity index (χ2n) is 8.06. The number of nitrogens with zero attached hydrogens (tertiary/aromatic N) is 2. The van der Waals surface area contributed by atoms with Crippen molar-refractivity contribution in [1.82, 2.24) is 14.9 Å². The Morgan fingerprint density at radius 3 is 2.87 bits per heavy atom. The summed E-state index contributed by atoms with van der Waals surface area (Å²) in [5.41, 5.74) is 8.77. The summed E-state index contributed by atoms with van der Waals surface area (Å²) in [5, 5.41) is 3.18. The van der Waals surface area contributed by atoms with Gasteiger partial charge in [0.25, 0.3) is 5.56 Å². The minimum absolute atomic E-state index is 0.0755. The number of aromatic nitrogens is 2. The summed E-state index contributed by atoms with van der Waals surface area (Å²) in [5.74, 6) is -0.0137. The number of hydrogen-bond donors (Lipinski definition) is 2. The molecule has 0 saturated heterocycles. The number of benzene rings is 1. The standard InChI is InChI=1S/C22H24N4O3S2/c1-11-4-6-13(3)15(8-11)26-20(28)18-14-7-5-12(2)9-16(14)31-19(18)25-22(26)30-10-17(27)24-21(23)29/h4,6,8,12H,5,7,9-10H2,1-3H3,(H3,23,24,27,29)/t12-/m0/s1. The molecule has 3 amide bonds. The molecule has 1 atom stereocenters. The van der Waals surface area contributed by atoms with Crippen molar-refractivity contribution in [3.05, 3.63) is 50.1 Å². The first-order chi connectivity index (χ1) is 14.7. The third-order valence-electron chi connectivity index (χ3n) is 5.50. The number of fused-ring (bicyclic) bond motifs is 3. The van der Waals surface area contributed by atoms with Gasteiger partial charge in [-0.25, -0.2) is 9.78 Å². The third kappa shape index (κ3) is 4.24. The number of imide groups is 1. The maximum Gasteiger partial charge on any atom is 0.318 e. The van der Waals surface area contributed by atoms with E-state index in [0.717, 1.165) is 53.4 Å². The molecule has 2 aromatic heterocycles. The number of carbonyl (C=O) groups excluding carboxylic acids is 2. The SMILES string of the molecule is Cc1ccc(C)c(-n2c(SCC(=O)NC(N)=O)nc3sc4c(c3c2=O)CC[C@H](C)C4)c1. The zero-order chi connectivity index (χ0) is 22.3. The fourth-order valence-electron chi connectivity index (χ4n) is 3.94. The number of thiophene rings is 1. The molecule has 0 fully saturated rings. The molecule has 31 heavy (non-hydrogen) atoms. The monoisotopic (exact) mass is 456 g/mol. The van der Waals surface area contributed by atoms with Gasteiger partial charge in [-0.1, -0.05) is 30.8 Å². The van der Waals surface area contributed by atoms with Crippen LogP contribution in [0.4, 0.5) is 4.79 Å². The number of hydrogen-bond acceptors (Lipinski definition) is 6. The van der Waals surface area contributed by atoms with E-state index in [1.54, 1.807) is 15.9 Å². The van der Waals surface area contributed by atoms with Crippen molar-refractivity contribution in [3.8, 4) is 5.69 Å². The van der Waals surface area contributed by atoms with Crippen LogP contribution in [-0.4, -0.2) is 27.2 Å². The van der Waals surface area contributed by atoms with Gasteiger partial charge < -0.3 is 5.73 Å². The molecule has 1 aliphatic carbocycles. The Balaban J connectivity index is 1.90. The van der Waals surface area contributed by atoms with Gasteiger partial charge in [-0.3, -0.25) is 19.5 Å². The van der Waals surface area contributed by atoms with Crippen LogP contribution in [0.1, 0.15) is 34.9 Å². The minimum atomic E-state index is -0.902. The van der Waals surface area contributed by atoms with Crippen molar-refractivity contribution in [2.45, 2.75) is 45.2 Å². The highest BCUT2D eigenvalue weighted by molar-refractivity contribution is 7.99. The predicted octanol–water partition coefficient (Wildman–Crippen LogP) is 3.48. The lowest BCUT2D eigenvalue weighted by Gasteiger charge is -2.18. The molecule has 7 nitrogen and oxygen atoms in total. The van der Waals surface area contributed by atoms with Crippen LogP contribution in [0.2, 0.25) is 0 Å². The molecular formula is C22H24N4O3S2. The molecule has 4 rings (SSSR count). The highest BCUT2D eigenvalue weighted by Gasteiger charge is 2.25. The molecule has 0 bridgehead atoms. The van der Waals surface area contributed by atoms with Gasteiger partial charge in [0.05, 0.1) is 16.8 Å². The Kier molecular flexibility index (Phi) is 5.90. The number of amides is 3. The number of nitrogens with one attached hydrogen (secondary N) is 1. The lowest BCUT2D eigenvalue weighted by atomic mass is 9.89. The summed E-state index contributed by atoms with van der Waals surface area (Å²) in [4.78, 5) is 43.5. The van der Waals surface area contributed by atoms with Crippen LogP contribution in [0.15, 0.2) is 28.2 Å². The average Bonchev–Trinajstić information content (AvgIpc) is 3.05. The van der Waals surface area contributed by atoms with Crippen LogP contribution < -0.4 is 16.6 Å². The van der Waals surface area contributed by atoms with E-state index in [9.17, 15) is 14.4 Å². The number of rotatable bonds is 4. The largest absolute Gasteiger partial charge is 0.351 e. The van der Waals surface area contributed by atoms with Gasteiger partial charge >= 0.3 is 6.03 Å². The maximum absolute atomic E-state index is 13.8. The van der Waals surface area contributed by atoms with Crippen LogP contribution in [0.5, 0.6) is 0 Å². The molecule has 2 heterocycles. The third-order valence-corrected chi connectivity index (χ3v) is 7.59. The number of nitrogens with two attached hydrogens (primary N) is 1. The van der Waals surface area contributed by atoms with Crippen molar-refractivity contribution in [2.24, 2.45) is 11.7 Å². The molecule has 3 aromatic rings. The zero-order valence-corrected chi connectivity index (χ0v) is 19.3. The first-order valence-corrected chi connectivity index (χ1v) is 11.9. The molecule has 0 unspecified atom stereocenters. The van der Waals surface area contributed by atoms with Gasteiger partial charge in [-0.05, 0) is 61.8 Å². The molecule has 0 spiro atoms. The summed E-state index contributed by atoms with van der Waals surface area (Å²) < 4.78 is 1.61. The molecule has 0 saturated carbocycles. The van der Waals surface area contributed by atoms with E-state index in [1.807, 2.05) is 32.0 Å². The van der Waals surface area contributed by atoms with E-state index in [1.165, 1.54) is 4.88 Å². The number of thioether (sulfide) groups is 1. The van der Waals surface area contributed by atoms with E-state index in [2.05, 4.69) is 12.2 Å². The highest BCUT2D eigenvalue weighted by Crippen LogP contribution is 2.37. The van der Waals surface area contributed by atoms with E-state index in [-0.39, 0.29) is 11.3 Å². The van der Waals surface area contributed by atoms with E-state index >= 15 is 0 Å². The van der Waals surface area contributed by atoms with Crippen LogP contribution >= 0.6 is 23.1 Å². The first-order valence-electron chi connectivity index (χ1n) is 10.1. The van der Waals surface area contributed by atoms with Crippen LogP contribution in [-0.2, 0) is 17.6 Å². The number of carbonyl (C=O) groups is 2. The topological polar surface area (TPSA) is 107 Å². The average molecular weight is 457 g/mol. The second kappa shape index (κ2) is 8.47. The van der Waals surface area contributed by atoms with Crippen LogP contribution in [0.3, 0.4) is 0 Å².